The van der Waals surface area contributed by atoms with Crippen molar-refractivity contribution in [2.75, 3.05) is 13.7 Å². The predicted octanol–water partition coefficient (Wildman–Crippen LogP) is 4.45. The third kappa shape index (κ3) is 2.70. The van der Waals surface area contributed by atoms with Crippen molar-refractivity contribution in [3.05, 3.63) is 29.3 Å². The average Bonchev–Trinajstić information content (AvgIpc) is 2.92. The summed E-state index contributed by atoms with van der Waals surface area (Å²) in [6.45, 7) is 2.60. The Morgan fingerprint density at radius 3 is 2.77 bits per heavy atom. The van der Waals surface area contributed by atoms with Crippen LogP contribution in [-0.4, -0.2) is 29.5 Å². The summed E-state index contributed by atoms with van der Waals surface area (Å²) in [7, 11) is 1.75. The molecule has 3 aliphatic rings. The van der Waals surface area contributed by atoms with Crippen LogP contribution in [-0.2, 0) is 6.42 Å². The minimum atomic E-state index is -0.530. The van der Waals surface area contributed by atoms with Crippen LogP contribution >= 0.6 is 0 Å². The molecule has 0 radical (unpaired) electrons. The molecule has 2 fully saturated rings. The molecule has 0 saturated heterocycles. The number of aliphatic hydroxyl groups excluding tert-OH is 1. The maximum absolute atomic E-state index is 11.5. The smallest absolute Gasteiger partial charge is 0.119 e. The number of methoxy groups -OCH3 is 1. The van der Waals surface area contributed by atoms with Crippen LogP contribution < -0.4 is 4.74 Å². The molecule has 2 saturated carbocycles. The fourth-order valence-corrected chi connectivity index (χ4v) is 6.74. The molecule has 0 bridgehead atoms. The summed E-state index contributed by atoms with van der Waals surface area (Å²) >= 11 is 0. The zero-order chi connectivity index (χ0) is 18.4. The lowest BCUT2D eigenvalue weighted by molar-refractivity contribution is -0.108. The molecule has 2 N–H and O–H groups in total. The summed E-state index contributed by atoms with van der Waals surface area (Å²) in [6, 6.07) is 6.66. The van der Waals surface area contributed by atoms with Gasteiger partial charge in [-0.25, -0.2) is 0 Å². The van der Waals surface area contributed by atoms with E-state index in [1.54, 1.807) is 12.7 Å². The molecule has 0 heterocycles. The largest absolute Gasteiger partial charge is 0.497 e. The Hall–Kier alpha value is -1.06. The second-order valence-electron chi connectivity index (χ2n) is 9.19. The topological polar surface area (TPSA) is 49.7 Å². The van der Waals surface area contributed by atoms with Gasteiger partial charge in [0.25, 0.3) is 0 Å². The van der Waals surface area contributed by atoms with E-state index in [-0.39, 0.29) is 12.0 Å². The highest BCUT2D eigenvalue weighted by Crippen LogP contribution is 2.65. The first-order valence-corrected chi connectivity index (χ1v) is 10.5. The zero-order valence-electron chi connectivity index (χ0n) is 16.3. The maximum Gasteiger partial charge on any atom is 0.119 e. The number of benzene rings is 1. The van der Waals surface area contributed by atoms with Gasteiger partial charge in [-0.3, -0.25) is 0 Å². The van der Waals surface area contributed by atoms with Gasteiger partial charge in [0, 0.05) is 6.61 Å². The van der Waals surface area contributed by atoms with Crippen LogP contribution in [0.2, 0.25) is 0 Å². The normalized spacial score (nSPS) is 38.4. The molecule has 26 heavy (non-hydrogen) atoms. The minimum absolute atomic E-state index is 0.0492. The average molecular weight is 359 g/mol. The number of ether oxygens (including phenoxy) is 1. The van der Waals surface area contributed by atoms with Crippen LogP contribution in [0.4, 0.5) is 0 Å². The van der Waals surface area contributed by atoms with Gasteiger partial charge in [-0.05, 0) is 104 Å². The van der Waals surface area contributed by atoms with Crippen molar-refractivity contribution in [1.29, 1.82) is 0 Å². The van der Waals surface area contributed by atoms with Gasteiger partial charge < -0.3 is 14.9 Å². The molecule has 144 valence electrons. The summed E-state index contributed by atoms with van der Waals surface area (Å²) in [5, 5.41) is 20.6. The fourth-order valence-electron chi connectivity index (χ4n) is 6.74. The number of unbranched alkanes of at least 4 members (excludes halogenated alkanes) is 1. The Balaban J connectivity index is 1.58. The highest BCUT2D eigenvalue weighted by Gasteiger charge is 2.60. The molecule has 4 rings (SSSR count). The van der Waals surface area contributed by atoms with E-state index in [1.165, 1.54) is 24.8 Å². The number of aliphatic hydroxyl groups is 2. The number of hydrogen-bond donors (Lipinski definition) is 2. The van der Waals surface area contributed by atoms with Gasteiger partial charge in [0.15, 0.2) is 0 Å². The van der Waals surface area contributed by atoms with Crippen molar-refractivity contribution in [3.8, 4) is 5.75 Å². The molecular weight excluding hydrogens is 324 g/mol. The molecule has 5 atom stereocenters. The van der Waals surface area contributed by atoms with Gasteiger partial charge in [0.2, 0.25) is 0 Å². The van der Waals surface area contributed by atoms with Gasteiger partial charge >= 0.3 is 0 Å². The molecular formula is C23H34O3. The minimum Gasteiger partial charge on any atom is -0.497 e. The van der Waals surface area contributed by atoms with E-state index in [9.17, 15) is 5.11 Å². The fraction of sp³-hybridized carbons (Fsp3) is 0.739. The second-order valence-corrected chi connectivity index (χ2v) is 9.19. The highest BCUT2D eigenvalue weighted by atomic mass is 16.5. The van der Waals surface area contributed by atoms with E-state index in [0.717, 1.165) is 44.3 Å². The molecule has 3 heteroatoms. The van der Waals surface area contributed by atoms with Crippen LogP contribution in [0.3, 0.4) is 0 Å². The quantitative estimate of drug-likeness (QED) is 0.765. The van der Waals surface area contributed by atoms with Gasteiger partial charge in [-0.1, -0.05) is 13.0 Å². The van der Waals surface area contributed by atoms with Crippen molar-refractivity contribution >= 4 is 0 Å². The van der Waals surface area contributed by atoms with E-state index in [2.05, 4.69) is 25.1 Å². The summed E-state index contributed by atoms with van der Waals surface area (Å²) in [6.07, 6.45) is 9.42. The molecule has 0 amide bonds. The zero-order valence-corrected chi connectivity index (χ0v) is 16.3. The number of hydrogen-bond acceptors (Lipinski definition) is 3. The Labute approximate surface area is 157 Å². The molecule has 0 aliphatic heterocycles. The maximum atomic E-state index is 11.5. The van der Waals surface area contributed by atoms with E-state index >= 15 is 0 Å². The molecule has 3 nitrogen and oxygen atoms in total. The van der Waals surface area contributed by atoms with Crippen molar-refractivity contribution in [2.24, 2.45) is 17.3 Å². The Morgan fingerprint density at radius 1 is 1.15 bits per heavy atom. The molecule has 0 spiro atoms. The van der Waals surface area contributed by atoms with Crippen LogP contribution in [0.1, 0.15) is 75.3 Å². The standard InChI is InChI=1S/C23H34O3/c1-22-12-9-19-18-8-6-17(26-2)15-16(18)5-7-20(19)21(22)10-13-23(22,25)11-3-4-14-24/h6,8,15,19-21,24-25H,3-5,7,9-14H2,1-2H3. The van der Waals surface area contributed by atoms with Gasteiger partial charge in [0.1, 0.15) is 5.75 Å². The van der Waals surface area contributed by atoms with Crippen LogP contribution in [0.25, 0.3) is 0 Å². The lowest BCUT2D eigenvalue weighted by Gasteiger charge is -2.53. The molecule has 5 unspecified atom stereocenters. The van der Waals surface area contributed by atoms with Gasteiger partial charge in [0.05, 0.1) is 12.7 Å². The van der Waals surface area contributed by atoms with Crippen molar-refractivity contribution < 1.29 is 14.9 Å². The first-order valence-electron chi connectivity index (χ1n) is 10.5. The van der Waals surface area contributed by atoms with Crippen LogP contribution in [0, 0.1) is 17.3 Å². The lowest BCUT2D eigenvalue weighted by Crippen LogP contribution is -2.50. The van der Waals surface area contributed by atoms with Gasteiger partial charge in [-0.2, -0.15) is 0 Å². The van der Waals surface area contributed by atoms with Crippen molar-refractivity contribution in [3.63, 3.8) is 0 Å². The van der Waals surface area contributed by atoms with Gasteiger partial charge in [-0.15, -0.1) is 0 Å². The van der Waals surface area contributed by atoms with E-state index in [0.29, 0.717) is 17.8 Å². The summed E-state index contributed by atoms with van der Waals surface area (Å²) in [5.41, 5.74) is 2.54. The Morgan fingerprint density at radius 2 is 2.00 bits per heavy atom. The van der Waals surface area contributed by atoms with E-state index in [1.807, 2.05) is 0 Å². The van der Waals surface area contributed by atoms with E-state index in [4.69, 9.17) is 9.84 Å². The number of rotatable bonds is 5. The lowest BCUT2D eigenvalue weighted by atomic mass is 9.53. The van der Waals surface area contributed by atoms with Crippen molar-refractivity contribution in [2.45, 2.75) is 76.2 Å². The molecule has 1 aromatic carbocycles. The third-order valence-corrected chi connectivity index (χ3v) is 8.25. The predicted molar refractivity (Wildman–Crippen MR) is 103 cm³/mol. The van der Waals surface area contributed by atoms with Crippen molar-refractivity contribution in [1.82, 2.24) is 0 Å². The number of aryl methyl sites for hydroxylation is 1. The summed E-state index contributed by atoms with van der Waals surface area (Å²) < 4.78 is 5.42. The third-order valence-electron chi connectivity index (χ3n) is 8.25. The van der Waals surface area contributed by atoms with Crippen LogP contribution in [0.15, 0.2) is 18.2 Å². The first-order chi connectivity index (χ1) is 12.5. The molecule has 3 aliphatic carbocycles. The van der Waals surface area contributed by atoms with Crippen LogP contribution in [0.5, 0.6) is 5.75 Å². The highest BCUT2D eigenvalue weighted by molar-refractivity contribution is 5.40. The second kappa shape index (κ2) is 6.83. The SMILES string of the molecule is COc1ccc2c(c1)CCC1C2CCC2(C)C1CCC2(O)CCCCO. The first kappa shape index (κ1) is 18.3. The van der Waals surface area contributed by atoms with E-state index < -0.39 is 5.60 Å². The summed E-state index contributed by atoms with van der Waals surface area (Å²) in [5.74, 6) is 2.97. The molecule has 0 aromatic heterocycles. The summed E-state index contributed by atoms with van der Waals surface area (Å²) in [4.78, 5) is 0. The Bertz CT molecular complexity index is 657. The Kier molecular flexibility index (Phi) is 4.81. The monoisotopic (exact) mass is 358 g/mol. The molecule has 1 aromatic rings. The number of fused-ring (bicyclic) bond motifs is 5.